The van der Waals surface area contributed by atoms with Crippen LogP contribution in [-0.2, 0) is 9.53 Å². The second-order valence-electron chi connectivity index (χ2n) is 7.32. The molecule has 0 atom stereocenters. The molecule has 2 aromatic heterocycles. The third kappa shape index (κ3) is 5.02. The van der Waals surface area contributed by atoms with Crippen molar-refractivity contribution in [2.24, 2.45) is 0 Å². The molecule has 1 aromatic carbocycles. The summed E-state index contributed by atoms with van der Waals surface area (Å²) in [5.41, 5.74) is 6.38. The molecule has 1 amide bonds. The molecule has 0 saturated heterocycles. The molecule has 2 heterocycles. The Morgan fingerprint density at radius 2 is 1.87 bits per heavy atom. The van der Waals surface area contributed by atoms with Gasteiger partial charge in [-0.25, -0.2) is 9.78 Å². The van der Waals surface area contributed by atoms with E-state index in [0.29, 0.717) is 16.9 Å². The van der Waals surface area contributed by atoms with Gasteiger partial charge in [-0.05, 0) is 63.5 Å². The van der Waals surface area contributed by atoms with Crippen molar-refractivity contribution < 1.29 is 14.3 Å². The minimum Gasteiger partial charge on any atom is -0.459 e. The van der Waals surface area contributed by atoms with Gasteiger partial charge in [0.2, 0.25) is 5.91 Å². The summed E-state index contributed by atoms with van der Waals surface area (Å²) in [6, 6.07) is 5.86. The Kier molecular flexibility index (Phi) is 7.75. The number of esters is 1. The topological polar surface area (TPSA) is 84.1 Å². The standard InChI is InChI=1S/C23H25N3O3.C2H6/c1-7-19(27)26-18-10-16(9-8-13(18)4)21-15(6)25-22-20(21)14(5)17(11-24-22)23(28)29-12(2)3;1-2/h7-12H,1H2,2-6H3,(H,24,25)(H,26,27);1-2H3. The Morgan fingerprint density at radius 1 is 1.19 bits per heavy atom. The fourth-order valence-corrected chi connectivity index (χ4v) is 3.37. The number of carbonyl (C=O) groups excluding carboxylic acids is 2. The van der Waals surface area contributed by atoms with Crippen LogP contribution in [0.25, 0.3) is 22.2 Å². The van der Waals surface area contributed by atoms with E-state index in [-0.39, 0.29) is 18.0 Å². The fourth-order valence-electron chi connectivity index (χ4n) is 3.37. The quantitative estimate of drug-likeness (QED) is 0.398. The second kappa shape index (κ2) is 10.1. The predicted molar refractivity (Wildman–Crippen MR) is 126 cm³/mol. The normalized spacial score (nSPS) is 10.5. The van der Waals surface area contributed by atoms with E-state index in [1.807, 2.05) is 66.7 Å². The first-order valence-corrected chi connectivity index (χ1v) is 10.5. The molecular weight excluding hydrogens is 390 g/mol. The van der Waals surface area contributed by atoms with Crippen LogP contribution in [0.3, 0.4) is 0 Å². The van der Waals surface area contributed by atoms with Gasteiger partial charge in [0.15, 0.2) is 0 Å². The number of benzene rings is 1. The van der Waals surface area contributed by atoms with Crippen LogP contribution < -0.4 is 5.32 Å². The zero-order valence-corrected chi connectivity index (χ0v) is 19.3. The van der Waals surface area contributed by atoms with E-state index in [9.17, 15) is 9.59 Å². The molecule has 3 aromatic rings. The number of hydrogen-bond donors (Lipinski definition) is 2. The average Bonchev–Trinajstić information content (AvgIpc) is 3.07. The monoisotopic (exact) mass is 421 g/mol. The van der Waals surface area contributed by atoms with E-state index >= 15 is 0 Å². The Morgan fingerprint density at radius 3 is 2.48 bits per heavy atom. The van der Waals surface area contributed by atoms with Crippen molar-refractivity contribution in [1.82, 2.24) is 9.97 Å². The summed E-state index contributed by atoms with van der Waals surface area (Å²) in [5.74, 6) is -0.656. The SMILES string of the molecule is C=CC(=O)Nc1cc(-c2c(C)[nH]c3ncc(C(=O)OC(C)C)c(C)c23)ccc1C.CC. The highest BCUT2D eigenvalue weighted by Gasteiger charge is 2.20. The Balaban J connectivity index is 0.00000166. The Bertz CT molecular complexity index is 1130. The van der Waals surface area contributed by atoms with Gasteiger partial charge in [-0.3, -0.25) is 4.79 Å². The largest absolute Gasteiger partial charge is 0.459 e. The van der Waals surface area contributed by atoms with Gasteiger partial charge < -0.3 is 15.0 Å². The summed E-state index contributed by atoms with van der Waals surface area (Å²) >= 11 is 0. The molecule has 0 radical (unpaired) electrons. The lowest BCUT2D eigenvalue weighted by Gasteiger charge is -2.12. The number of hydrogen-bond acceptors (Lipinski definition) is 4. The molecule has 0 saturated carbocycles. The lowest BCUT2D eigenvalue weighted by molar-refractivity contribution is -0.111. The van der Waals surface area contributed by atoms with E-state index in [1.165, 1.54) is 6.08 Å². The number of aryl methyl sites for hydroxylation is 3. The summed E-state index contributed by atoms with van der Waals surface area (Å²) in [5, 5.41) is 3.70. The second-order valence-corrected chi connectivity index (χ2v) is 7.32. The van der Waals surface area contributed by atoms with Crippen LogP contribution in [0.15, 0.2) is 37.1 Å². The Hall–Kier alpha value is -3.41. The van der Waals surface area contributed by atoms with Crippen LogP contribution in [0, 0.1) is 20.8 Å². The molecule has 0 bridgehead atoms. The van der Waals surface area contributed by atoms with Crippen molar-refractivity contribution in [1.29, 1.82) is 0 Å². The van der Waals surface area contributed by atoms with Crippen LogP contribution >= 0.6 is 0 Å². The van der Waals surface area contributed by atoms with Crippen molar-refractivity contribution >= 4 is 28.6 Å². The number of aromatic nitrogens is 2. The van der Waals surface area contributed by atoms with E-state index < -0.39 is 0 Å². The molecule has 0 aliphatic carbocycles. The molecule has 0 fully saturated rings. The molecule has 164 valence electrons. The first-order chi connectivity index (χ1) is 14.7. The molecule has 0 aliphatic rings. The van der Waals surface area contributed by atoms with E-state index in [4.69, 9.17) is 4.74 Å². The van der Waals surface area contributed by atoms with Crippen LogP contribution in [-0.4, -0.2) is 27.9 Å². The van der Waals surface area contributed by atoms with Gasteiger partial charge in [0, 0.05) is 28.5 Å². The molecule has 6 heteroatoms. The number of rotatable bonds is 5. The maximum absolute atomic E-state index is 12.5. The zero-order valence-electron chi connectivity index (χ0n) is 19.3. The van der Waals surface area contributed by atoms with Gasteiger partial charge in [0.05, 0.1) is 11.7 Å². The molecule has 0 spiro atoms. The maximum atomic E-state index is 12.5. The predicted octanol–water partition coefficient (Wildman–Crippen LogP) is 5.87. The highest BCUT2D eigenvalue weighted by atomic mass is 16.5. The number of nitrogens with one attached hydrogen (secondary N) is 2. The van der Waals surface area contributed by atoms with Gasteiger partial charge in [-0.2, -0.15) is 0 Å². The highest BCUT2D eigenvalue weighted by Crippen LogP contribution is 2.36. The van der Waals surface area contributed by atoms with Gasteiger partial charge in [0.25, 0.3) is 0 Å². The van der Waals surface area contributed by atoms with Crippen LogP contribution in [0.1, 0.15) is 54.9 Å². The minimum atomic E-state index is -0.389. The lowest BCUT2D eigenvalue weighted by atomic mass is 9.97. The van der Waals surface area contributed by atoms with Crippen LogP contribution in [0.2, 0.25) is 0 Å². The number of ether oxygens (including phenoxy) is 1. The minimum absolute atomic E-state index is 0.210. The van der Waals surface area contributed by atoms with E-state index in [2.05, 4.69) is 21.9 Å². The Labute approximate surface area is 183 Å². The fraction of sp³-hybridized carbons (Fsp3) is 0.320. The number of amides is 1. The number of H-pyrrole nitrogens is 1. The van der Waals surface area contributed by atoms with Crippen molar-refractivity contribution in [3.8, 4) is 11.1 Å². The summed E-state index contributed by atoms with van der Waals surface area (Å²) in [4.78, 5) is 32.0. The van der Waals surface area contributed by atoms with Crippen molar-refractivity contribution in [3.63, 3.8) is 0 Å². The number of fused-ring (bicyclic) bond motifs is 1. The summed E-state index contributed by atoms with van der Waals surface area (Å²) in [6.07, 6.45) is 2.58. The number of aromatic amines is 1. The van der Waals surface area contributed by atoms with Gasteiger partial charge in [-0.15, -0.1) is 0 Å². The highest BCUT2D eigenvalue weighted by molar-refractivity contribution is 6.04. The van der Waals surface area contributed by atoms with Crippen molar-refractivity contribution in [2.45, 2.75) is 54.6 Å². The number of nitrogens with zero attached hydrogens (tertiary/aromatic N) is 1. The molecule has 0 aliphatic heterocycles. The zero-order chi connectivity index (χ0) is 23.3. The summed E-state index contributed by atoms with van der Waals surface area (Å²) in [7, 11) is 0. The molecule has 31 heavy (non-hydrogen) atoms. The molecule has 3 rings (SSSR count). The van der Waals surface area contributed by atoms with Crippen molar-refractivity contribution in [2.75, 3.05) is 5.32 Å². The summed E-state index contributed by atoms with van der Waals surface area (Å²) in [6.45, 7) is 16.9. The first-order valence-electron chi connectivity index (χ1n) is 10.5. The summed E-state index contributed by atoms with van der Waals surface area (Å²) < 4.78 is 5.36. The maximum Gasteiger partial charge on any atom is 0.340 e. The third-order valence-corrected chi connectivity index (χ3v) is 4.80. The average molecular weight is 422 g/mol. The first kappa shape index (κ1) is 23.9. The molecule has 6 nitrogen and oxygen atoms in total. The van der Waals surface area contributed by atoms with Gasteiger partial charge >= 0.3 is 5.97 Å². The van der Waals surface area contributed by atoms with Crippen LogP contribution in [0.4, 0.5) is 5.69 Å². The number of carbonyl (C=O) groups is 2. The molecule has 0 unspecified atom stereocenters. The molecule has 2 N–H and O–H groups in total. The lowest BCUT2D eigenvalue weighted by Crippen LogP contribution is -2.13. The smallest absolute Gasteiger partial charge is 0.340 e. The third-order valence-electron chi connectivity index (χ3n) is 4.80. The molecular formula is C25H31N3O3. The van der Waals surface area contributed by atoms with E-state index in [0.717, 1.165) is 33.3 Å². The van der Waals surface area contributed by atoms with Gasteiger partial charge in [0.1, 0.15) is 5.65 Å². The van der Waals surface area contributed by atoms with Crippen LogP contribution in [0.5, 0.6) is 0 Å². The van der Waals surface area contributed by atoms with Crippen molar-refractivity contribution in [3.05, 3.63) is 59.4 Å². The van der Waals surface area contributed by atoms with Gasteiger partial charge in [-0.1, -0.05) is 32.6 Å². The number of pyridine rings is 1. The van der Waals surface area contributed by atoms with E-state index in [1.54, 1.807) is 6.20 Å². The number of anilines is 1.